The predicted molar refractivity (Wildman–Crippen MR) is 99.5 cm³/mol. The molecule has 0 bridgehead atoms. The Morgan fingerprint density at radius 2 is 2.30 bits per heavy atom. The van der Waals surface area contributed by atoms with Crippen LogP contribution in [0.25, 0.3) is 11.9 Å². The molecule has 2 heterocycles. The number of nitrogens with zero attached hydrogens (tertiary/aromatic N) is 3. The van der Waals surface area contributed by atoms with Crippen LogP contribution in [0.5, 0.6) is 0 Å². The number of aromatic nitrogens is 2. The van der Waals surface area contributed by atoms with Crippen LogP contribution in [0, 0.1) is 11.3 Å². The van der Waals surface area contributed by atoms with Gasteiger partial charge in [-0.05, 0) is 12.0 Å². The largest absolute Gasteiger partial charge is 0.465 e. The number of carbonyl (C=O) groups is 2. The van der Waals surface area contributed by atoms with Gasteiger partial charge in [0.15, 0.2) is 5.82 Å². The number of aliphatic hydroxyl groups excluding tert-OH is 1. The molecule has 1 aliphatic heterocycles. The van der Waals surface area contributed by atoms with Gasteiger partial charge in [-0.25, -0.2) is 4.98 Å². The summed E-state index contributed by atoms with van der Waals surface area (Å²) in [5, 5.41) is 15.3. The zero-order valence-corrected chi connectivity index (χ0v) is 15.6. The Kier molecular flexibility index (Phi) is 4.88. The number of nitrogens with one attached hydrogen (secondary N) is 2. The van der Waals surface area contributed by atoms with Gasteiger partial charge in [0.05, 0.1) is 17.7 Å². The molecule has 27 heavy (non-hydrogen) atoms. The van der Waals surface area contributed by atoms with Gasteiger partial charge < -0.3 is 15.2 Å². The van der Waals surface area contributed by atoms with Crippen molar-refractivity contribution in [3.05, 3.63) is 24.2 Å². The molecule has 1 aliphatic carbocycles. The molecule has 144 valence electrons. The zero-order chi connectivity index (χ0) is 19.8. The maximum atomic E-state index is 11.9. The molecule has 0 saturated heterocycles. The molecular weight excluding hydrogens is 350 g/mol. The van der Waals surface area contributed by atoms with Gasteiger partial charge in [0, 0.05) is 19.0 Å². The molecule has 9 nitrogen and oxygen atoms in total. The van der Waals surface area contributed by atoms with Crippen molar-refractivity contribution in [2.75, 3.05) is 13.2 Å². The van der Waals surface area contributed by atoms with Crippen molar-refractivity contribution in [2.24, 2.45) is 16.3 Å². The number of ether oxygens (including phenoxy) is 1. The van der Waals surface area contributed by atoms with Gasteiger partial charge in [0.2, 0.25) is 11.9 Å². The number of hydrogen-bond acceptors (Lipinski definition) is 7. The molecule has 0 aromatic carbocycles. The highest BCUT2D eigenvalue weighted by Gasteiger charge is 2.49. The van der Waals surface area contributed by atoms with Crippen LogP contribution in [-0.4, -0.2) is 45.7 Å². The minimum Gasteiger partial charge on any atom is -0.465 e. The molecule has 1 amide bonds. The van der Waals surface area contributed by atoms with Crippen LogP contribution in [0.15, 0.2) is 23.5 Å². The molecule has 3 N–H and O–H groups in total. The van der Waals surface area contributed by atoms with E-state index in [1.54, 1.807) is 24.7 Å². The molecule has 0 spiro atoms. The summed E-state index contributed by atoms with van der Waals surface area (Å²) in [5.41, 5.74) is 1.48. The lowest BCUT2D eigenvalue weighted by Crippen LogP contribution is -2.42. The van der Waals surface area contributed by atoms with Crippen LogP contribution in [-0.2, 0) is 14.3 Å². The molecule has 1 fully saturated rings. The summed E-state index contributed by atoms with van der Waals surface area (Å²) >= 11 is 0. The second kappa shape index (κ2) is 6.99. The smallest absolute Gasteiger partial charge is 0.302 e. The van der Waals surface area contributed by atoms with Crippen molar-refractivity contribution >= 4 is 35.6 Å². The lowest BCUT2D eigenvalue weighted by atomic mass is 10.1. The van der Waals surface area contributed by atoms with Gasteiger partial charge in [-0.2, -0.15) is 4.99 Å². The van der Waals surface area contributed by atoms with Crippen LogP contribution >= 0.6 is 0 Å². The maximum Gasteiger partial charge on any atom is 0.302 e. The van der Waals surface area contributed by atoms with E-state index in [2.05, 4.69) is 27.2 Å². The number of aliphatic imine (C=N–C) groups is 1. The third-order valence-electron chi connectivity index (χ3n) is 4.54. The van der Waals surface area contributed by atoms with Crippen molar-refractivity contribution in [1.82, 2.24) is 20.2 Å². The summed E-state index contributed by atoms with van der Waals surface area (Å²) in [7, 11) is 0. The van der Waals surface area contributed by atoms with Gasteiger partial charge >= 0.3 is 5.97 Å². The fourth-order valence-corrected chi connectivity index (χ4v) is 2.69. The predicted octanol–water partition coefficient (Wildman–Crippen LogP) is 1.00. The Balaban J connectivity index is 1.85. The van der Waals surface area contributed by atoms with Crippen molar-refractivity contribution in [3.8, 4) is 0 Å². The lowest BCUT2D eigenvalue weighted by molar-refractivity contribution is -0.143. The summed E-state index contributed by atoms with van der Waals surface area (Å²) in [6, 6.07) is 0. The van der Waals surface area contributed by atoms with E-state index in [-0.39, 0.29) is 37.0 Å². The number of fused-ring (bicyclic) bond motifs is 1. The van der Waals surface area contributed by atoms with E-state index in [1.165, 1.54) is 6.92 Å². The van der Waals surface area contributed by atoms with Crippen molar-refractivity contribution < 1.29 is 19.4 Å². The molecule has 0 radical (unpaired) electrons. The average molecular weight is 373 g/mol. The van der Waals surface area contributed by atoms with Crippen molar-refractivity contribution in [2.45, 2.75) is 27.2 Å². The highest BCUT2D eigenvalue weighted by atomic mass is 16.5. The van der Waals surface area contributed by atoms with Gasteiger partial charge in [-0.1, -0.05) is 20.4 Å². The van der Waals surface area contributed by atoms with E-state index in [0.717, 1.165) is 5.57 Å². The molecule has 9 heteroatoms. The Morgan fingerprint density at radius 1 is 1.56 bits per heavy atom. The van der Waals surface area contributed by atoms with Gasteiger partial charge in [-0.15, -0.1) is 0 Å². The molecule has 3 rings (SSSR count). The van der Waals surface area contributed by atoms with Gasteiger partial charge in [0.25, 0.3) is 0 Å². The number of imidazole rings is 1. The molecule has 1 aromatic heterocycles. The molecule has 1 saturated carbocycles. The normalized spacial score (nSPS) is 22.2. The standard InChI is InChI=1S/C18H23N5O4/c1-10(2)16(26)22-17-20-11(3)14-15(21-17)23(9-19-14)6-13-5-18(13,7-24)8-27-12(4)25/h6,9-10,24H,3,5,7-8H2,1-2,4H3,(H2,20,21,22,26)/b13-6-/t18-/m1/s1. The first-order valence-corrected chi connectivity index (χ1v) is 8.64. The second-order valence-electron chi connectivity index (χ2n) is 7.08. The van der Waals surface area contributed by atoms with Crippen molar-refractivity contribution in [3.63, 3.8) is 0 Å². The highest BCUT2D eigenvalue weighted by molar-refractivity contribution is 6.04. The van der Waals surface area contributed by atoms with Gasteiger partial charge in [0.1, 0.15) is 18.6 Å². The van der Waals surface area contributed by atoms with Crippen LogP contribution in [0.1, 0.15) is 32.9 Å². The molecule has 0 unspecified atom stereocenters. The maximum absolute atomic E-state index is 11.9. The number of amides is 1. The molecule has 1 atom stereocenters. The number of aliphatic hydroxyl groups is 1. The fraction of sp³-hybridized carbons (Fsp3) is 0.444. The minimum atomic E-state index is -0.550. The molecule has 1 aromatic rings. The minimum absolute atomic E-state index is 0.115. The van der Waals surface area contributed by atoms with Crippen molar-refractivity contribution in [1.29, 1.82) is 0 Å². The highest BCUT2D eigenvalue weighted by Crippen LogP contribution is 2.52. The van der Waals surface area contributed by atoms with Gasteiger partial charge in [-0.3, -0.25) is 19.5 Å². The second-order valence-corrected chi connectivity index (χ2v) is 7.08. The first kappa shape index (κ1) is 18.8. The van der Waals surface area contributed by atoms with Crippen LogP contribution in [0.2, 0.25) is 0 Å². The Morgan fingerprint density at radius 3 is 2.93 bits per heavy atom. The molecule has 2 aliphatic rings. The quantitative estimate of drug-likeness (QED) is 0.663. The van der Waals surface area contributed by atoms with E-state index in [1.807, 2.05) is 6.20 Å². The van der Waals surface area contributed by atoms with Crippen LogP contribution in [0.4, 0.5) is 5.82 Å². The zero-order valence-electron chi connectivity index (χ0n) is 15.6. The number of carbonyl (C=O) groups excluding carboxylic acids is 2. The number of hydrogen-bond donors (Lipinski definition) is 3. The summed E-state index contributed by atoms with van der Waals surface area (Å²) < 4.78 is 6.77. The van der Waals surface area contributed by atoms with E-state index in [4.69, 9.17) is 4.74 Å². The lowest BCUT2D eigenvalue weighted by Gasteiger charge is -2.18. The van der Waals surface area contributed by atoms with Crippen LogP contribution in [0.3, 0.4) is 0 Å². The Bertz CT molecular complexity index is 867. The van der Waals surface area contributed by atoms with Crippen LogP contribution < -0.4 is 10.6 Å². The number of esters is 1. The van der Waals surface area contributed by atoms with E-state index >= 15 is 0 Å². The molecular formula is C18H23N5O4. The van der Waals surface area contributed by atoms with E-state index < -0.39 is 5.41 Å². The number of guanidine groups is 1. The average Bonchev–Trinajstić information content (AvgIpc) is 3.15. The Labute approximate surface area is 156 Å². The summed E-state index contributed by atoms with van der Waals surface area (Å²) in [4.78, 5) is 31.7. The summed E-state index contributed by atoms with van der Waals surface area (Å²) in [5.74, 6) is 0.0810. The van der Waals surface area contributed by atoms with E-state index in [9.17, 15) is 14.7 Å². The van der Waals surface area contributed by atoms with E-state index in [0.29, 0.717) is 23.6 Å². The third-order valence-corrected chi connectivity index (χ3v) is 4.54. The summed E-state index contributed by atoms with van der Waals surface area (Å²) in [6.45, 7) is 8.86. The first-order valence-electron chi connectivity index (χ1n) is 8.64. The third kappa shape index (κ3) is 3.77. The summed E-state index contributed by atoms with van der Waals surface area (Å²) in [6.07, 6.45) is 4.02. The first-order chi connectivity index (χ1) is 12.8. The monoisotopic (exact) mass is 373 g/mol. The fourth-order valence-electron chi connectivity index (χ4n) is 2.69. The SMILES string of the molecule is C=C1NC(NC(=O)C(C)C)=Nc2c1ncn2/C=C1/C[C@@]1(CO)COC(C)=O. The number of rotatable bonds is 5. The Hall–Kier alpha value is -2.94. The topological polar surface area (TPSA) is 118 Å².